The highest BCUT2D eigenvalue weighted by Crippen LogP contribution is 2.11. The van der Waals surface area contributed by atoms with Crippen molar-refractivity contribution >= 4 is 23.4 Å². The average Bonchev–Trinajstić information content (AvgIpc) is 2.50. The first-order valence-corrected chi connectivity index (χ1v) is 7.41. The number of carbonyl (C=O) groups excluding carboxylic acids is 2. The maximum absolute atomic E-state index is 11.7. The lowest BCUT2D eigenvalue weighted by Gasteiger charge is -2.07. The summed E-state index contributed by atoms with van der Waals surface area (Å²) in [7, 11) is 1.60. The van der Waals surface area contributed by atoms with Crippen molar-refractivity contribution < 1.29 is 14.3 Å². The van der Waals surface area contributed by atoms with Crippen LogP contribution >= 0.6 is 11.6 Å². The number of hydrogen-bond acceptors (Lipinski definition) is 3. The minimum absolute atomic E-state index is 0.0416. The second kappa shape index (κ2) is 10.0. The molecular formula is C15H21ClN2O3. The van der Waals surface area contributed by atoms with Gasteiger partial charge in [0.25, 0.3) is 0 Å². The second-order valence-corrected chi connectivity index (χ2v) is 4.90. The summed E-state index contributed by atoms with van der Waals surface area (Å²) < 4.78 is 5.05. The van der Waals surface area contributed by atoms with E-state index in [2.05, 4.69) is 10.6 Å². The van der Waals surface area contributed by atoms with Crippen molar-refractivity contribution in [3.8, 4) is 5.75 Å². The smallest absolute Gasteiger partial charge is 0.224 e. The summed E-state index contributed by atoms with van der Waals surface area (Å²) in [4.78, 5) is 23.0. The van der Waals surface area contributed by atoms with Gasteiger partial charge >= 0.3 is 0 Å². The summed E-state index contributed by atoms with van der Waals surface area (Å²) in [6, 6.07) is 7.35. The zero-order valence-electron chi connectivity index (χ0n) is 12.2. The molecule has 0 saturated carbocycles. The molecule has 0 aliphatic rings. The minimum Gasteiger partial charge on any atom is -0.497 e. The number of ether oxygens (including phenoxy) is 1. The van der Waals surface area contributed by atoms with E-state index in [1.165, 1.54) is 0 Å². The van der Waals surface area contributed by atoms with E-state index in [9.17, 15) is 9.59 Å². The Bertz CT molecular complexity index is 449. The quantitative estimate of drug-likeness (QED) is 0.536. The van der Waals surface area contributed by atoms with E-state index in [1.54, 1.807) is 7.11 Å². The first-order valence-electron chi connectivity index (χ1n) is 6.88. The van der Waals surface area contributed by atoms with Crippen LogP contribution in [0.4, 0.5) is 0 Å². The molecule has 0 spiro atoms. The molecule has 1 aromatic rings. The number of rotatable bonds is 9. The molecule has 1 aromatic carbocycles. The van der Waals surface area contributed by atoms with E-state index in [4.69, 9.17) is 16.3 Å². The summed E-state index contributed by atoms with van der Waals surface area (Å²) in [5.41, 5.74) is 0.916. The van der Waals surface area contributed by atoms with Crippen LogP contribution in [0.15, 0.2) is 24.3 Å². The zero-order valence-corrected chi connectivity index (χ0v) is 12.9. The van der Waals surface area contributed by atoms with Crippen LogP contribution in [-0.4, -0.2) is 37.9 Å². The lowest BCUT2D eigenvalue weighted by Crippen LogP contribution is -2.35. The molecule has 0 fully saturated rings. The van der Waals surface area contributed by atoms with Gasteiger partial charge < -0.3 is 15.4 Å². The van der Waals surface area contributed by atoms with Crippen LogP contribution in [-0.2, 0) is 16.0 Å². The molecule has 116 valence electrons. The fourth-order valence-corrected chi connectivity index (χ4v) is 1.84. The molecule has 1 rings (SSSR count). The van der Waals surface area contributed by atoms with E-state index in [1.807, 2.05) is 24.3 Å². The fraction of sp³-hybridized carbons (Fsp3) is 0.467. The number of benzene rings is 1. The molecule has 0 bridgehead atoms. The summed E-state index contributed by atoms with van der Waals surface area (Å²) in [6.45, 7) is 0.844. The van der Waals surface area contributed by atoms with Gasteiger partial charge in [-0.15, -0.1) is 11.6 Å². The standard InChI is InChI=1S/C15H21ClN2O3/c1-21-13-6-4-12(5-7-13)11-15(20)18-10-9-17-14(19)3-2-8-16/h4-7H,2-3,8-11H2,1H3,(H,17,19)(H,18,20). The average molecular weight is 313 g/mol. The first kappa shape index (κ1) is 17.3. The van der Waals surface area contributed by atoms with Crippen molar-refractivity contribution in [2.45, 2.75) is 19.3 Å². The Kier molecular flexibility index (Phi) is 8.28. The van der Waals surface area contributed by atoms with Crippen molar-refractivity contribution in [2.75, 3.05) is 26.1 Å². The van der Waals surface area contributed by atoms with Crippen LogP contribution < -0.4 is 15.4 Å². The van der Waals surface area contributed by atoms with Gasteiger partial charge in [0, 0.05) is 25.4 Å². The third-order valence-corrected chi connectivity index (χ3v) is 3.10. The molecule has 0 aliphatic carbocycles. The molecule has 0 aliphatic heterocycles. The molecule has 2 N–H and O–H groups in total. The highest BCUT2D eigenvalue weighted by atomic mass is 35.5. The molecule has 0 atom stereocenters. The monoisotopic (exact) mass is 312 g/mol. The molecule has 0 aromatic heterocycles. The SMILES string of the molecule is COc1ccc(CC(=O)NCCNC(=O)CCCCl)cc1. The largest absolute Gasteiger partial charge is 0.497 e. The Morgan fingerprint density at radius 3 is 2.29 bits per heavy atom. The van der Waals surface area contributed by atoms with Crippen LogP contribution in [0.2, 0.25) is 0 Å². The number of hydrogen-bond donors (Lipinski definition) is 2. The third kappa shape index (κ3) is 7.56. The summed E-state index contributed by atoms with van der Waals surface area (Å²) in [6.07, 6.45) is 1.39. The Hall–Kier alpha value is -1.75. The van der Waals surface area contributed by atoms with Crippen molar-refractivity contribution in [3.05, 3.63) is 29.8 Å². The van der Waals surface area contributed by atoms with Crippen LogP contribution in [0.1, 0.15) is 18.4 Å². The number of amides is 2. The van der Waals surface area contributed by atoms with Gasteiger partial charge in [-0.1, -0.05) is 12.1 Å². The van der Waals surface area contributed by atoms with Crippen LogP contribution in [0.3, 0.4) is 0 Å². The summed E-state index contributed by atoms with van der Waals surface area (Å²) in [5, 5.41) is 5.48. The number of halogens is 1. The minimum atomic E-state index is -0.0739. The van der Waals surface area contributed by atoms with Gasteiger partial charge in [0.15, 0.2) is 0 Å². The Balaban J connectivity index is 2.17. The molecule has 0 unspecified atom stereocenters. The summed E-state index contributed by atoms with van der Waals surface area (Å²) in [5.74, 6) is 1.13. The van der Waals surface area contributed by atoms with E-state index >= 15 is 0 Å². The molecule has 6 heteroatoms. The van der Waals surface area contributed by atoms with Gasteiger partial charge in [-0.25, -0.2) is 0 Å². The van der Waals surface area contributed by atoms with Gasteiger partial charge in [-0.3, -0.25) is 9.59 Å². The van der Waals surface area contributed by atoms with Crippen LogP contribution in [0, 0.1) is 0 Å². The van der Waals surface area contributed by atoms with Gasteiger partial charge in [0.05, 0.1) is 13.5 Å². The Morgan fingerprint density at radius 2 is 1.71 bits per heavy atom. The first-order chi connectivity index (χ1) is 10.2. The van der Waals surface area contributed by atoms with Gasteiger partial charge in [-0.05, 0) is 24.1 Å². The van der Waals surface area contributed by atoms with E-state index < -0.39 is 0 Å². The molecule has 0 saturated heterocycles. The molecule has 21 heavy (non-hydrogen) atoms. The Morgan fingerprint density at radius 1 is 1.10 bits per heavy atom. The second-order valence-electron chi connectivity index (χ2n) is 4.52. The number of nitrogens with one attached hydrogen (secondary N) is 2. The van der Waals surface area contributed by atoms with Crippen LogP contribution in [0.25, 0.3) is 0 Å². The number of alkyl halides is 1. The highest BCUT2D eigenvalue weighted by molar-refractivity contribution is 6.17. The summed E-state index contributed by atoms with van der Waals surface area (Å²) >= 11 is 5.50. The predicted octanol–water partition coefficient (Wildman–Crippen LogP) is 1.49. The molecule has 0 radical (unpaired) electrons. The highest BCUT2D eigenvalue weighted by Gasteiger charge is 2.04. The lowest BCUT2D eigenvalue weighted by atomic mass is 10.1. The fourth-order valence-electron chi connectivity index (χ4n) is 1.71. The molecule has 5 nitrogen and oxygen atoms in total. The molecule has 0 heterocycles. The number of methoxy groups -OCH3 is 1. The normalized spacial score (nSPS) is 10.0. The van der Waals surface area contributed by atoms with Gasteiger partial charge in [0.1, 0.15) is 5.75 Å². The van der Waals surface area contributed by atoms with Gasteiger partial charge in [-0.2, -0.15) is 0 Å². The lowest BCUT2D eigenvalue weighted by molar-refractivity contribution is -0.122. The van der Waals surface area contributed by atoms with E-state index in [-0.39, 0.29) is 11.8 Å². The molecule has 2 amide bonds. The van der Waals surface area contributed by atoms with Crippen molar-refractivity contribution in [1.29, 1.82) is 0 Å². The van der Waals surface area contributed by atoms with E-state index in [0.717, 1.165) is 11.3 Å². The molecular weight excluding hydrogens is 292 g/mol. The maximum Gasteiger partial charge on any atom is 0.224 e. The van der Waals surface area contributed by atoms with Crippen molar-refractivity contribution in [2.24, 2.45) is 0 Å². The number of carbonyl (C=O) groups is 2. The van der Waals surface area contributed by atoms with Crippen molar-refractivity contribution in [3.63, 3.8) is 0 Å². The maximum atomic E-state index is 11.7. The zero-order chi connectivity index (χ0) is 15.5. The van der Waals surface area contributed by atoms with E-state index in [0.29, 0.717) is 38.2 Å². The predicted molar refractivity (Wildman–Crippen MR) is 82.7 cm³/mol. The third-order valence-electron chi connectivity index (χ3n) is 2.83. The van der Waals surface area contributed by atoms with Crippen LogP contribution in [0.5, 0.6) is 5.75 Å². The Labute approximate surface area is 130 Å². The van der Waals surface area contributed by atoms with Crippen molar-refractivity contribution in [1.82, 2.24) is 10.6 Å². The van der Waals surface area contributed by atoms with Gasteiger partial charge in [0.2, 0.25) is 11.8 Å². The topological polar surface area (TPSA) is 67.4 Å².